The van der Waals surface area contributed by atoms with E-state index in [4.69, 9.17) is 9.47 Å². The van der Waals surface area contributed by atoms with Crippen molar-refractivity contribution in [3.05, 3.63) is 53.6 Å². The van der Waals surface area contributed by atoms with E-state index in [1.165, 1.54) is 24.6 Å². The first kappa shape index (κ1) is 26.0. The van der Waals surface area contributed by atoms with Crippen molar-refractivity contribution in [2.45, 2.75) is 62.7 Å². The average Bonchev–Trinajstić information content (AvgIpc) is 2.80. The van der Waals surface area contributed by atoms with Gasteiger partial charge in [0.25, 0.3) is 0 Å². The van der Waals surface area contributed by atoms with Crippen LogP contribution >= 0.6 is 0 Å². The molecular weight excluding hydrogens is 454 g/mol. The standard InChI is InChI=1S/C25H35N3O5S/c1-17(15-25(2,3)26-4)27-24(29)20-12-19-13-21(32-5)22(33-6)14-23(19)34(30,31)28(20)16-18-10-8-7-9-11-18/h7-11,13-14,17,20,26H,12,15-16H2,1-6H3,(H,27,29). The van der Waals surface area contributed by atoms with Gasteiger partial charge in [0.15, 0.2) is 11.5 Å². The van der Waals surface area contributed by atoms with E-state index in [1.807, 2.05) is 44.3 Å². The van der Waals surface area contributed by atoms with Crippen LogP contribution in [0.15, 0.2) is 47.4 Å². The third-order valence-electron chi connectivity index (χ3n) is 6.28. The lowest BCUT2D eigenvalue weighted by atomic mass is 9.95. The molecule has 1 heterocycles. The van der Waals surface area contributed by atoms with Gasteiger partial charge in [-0.3, -0.25) is 4.79 Å². The van der Waals surface area contributed by atoms with Gasteiger partial charge in [0, 0.05) is 24.2 Å². The van der Waals surface area contributed by atoms with E-state index in [9.17, 15) is 13.2 Å². The van der Waals surface area contributed by atoms with Crippen LogP contribution < -0.4 is 20.1 Å². The Morgan fingerprint density at radius 3 is 2.35 bits per heavy atom. The number of carbonyl (C=O) groups is 1. The van der Waals surface area contributed by atoms with Crippen molar-refractivity contribution in [3.8, 4) is 11.5 Å². The molecule has 0 aliphatic carbocycles. The Bertz CT molecular complexity index is 1120. The fourth-order valence-corrected chi connectivity index (χ4v) is 6.15. The molecule has 2 unspecified atom stereocenters. The third kappa shape index (κ3) is 5.54. The topological polar surface area (TPSA) is 97.0 Å². The van der Waals surface area contributed by atoms with Crippen LogP contribution in [0.5, 0.6) is 11.5 Å². The van der Waals surface area contributed by atoms with Crippen molar-refractivity contribution in [1.82, 2.24) is 14.9 Å². The van der Waals surface area contributed by atoms with Crippen molar-refractivity contribution >= 4 is 15.9 Å². The first-order chi connectivity index (χ1) is 16.0. The molecule has 9 heteroatoms. The van der Waals surface area contributed by atoms with E-state index >= 15 is 0 Å². The number of methoxy groups -OCH3 is 2. The molecule has 1 amide bonds. The molecule has 0 radical (unpaired) electrons. The lowest BCUT2D eigenvalue weighted by molar-refractivity contribution is -0.125. The molecule has 2 aromatic rings. The molecule has 0 saturated heterocycles. The molecule has 2 atom stereocenters. The summed E-state index contributed by atoms with van der Waals surface area (Å²) in [7, 11) is 0.856. The Kier molecular flexibility index (Phi) is 7.90. The molecule has 34 heavy (non-hydrogen) atoms. The number of carbonyl (C=O) groups excluding carboxylic acids is 1. The van der Waals surface area contributed by atoms with Crippen LogP contribution in [0.3, 0.4) is 0 Å². The van der Waals surface area contributed by atoms with E-state index < -0.39 is 16.1 Å². The first-order valence-corrected chi connectivity index (χ1v) is 12.8. The normalized spacial score (nSPS) is 18.6. The average molecular weight is 490 g/mol. The van der Waals surface area contributed by atoms with Gasteiger partial charge < -0.3 is 20.1 Å². The van der Waals surface area contributed by atoms with Crippen molar-refractivity contribution in [2.24, 2.45) is 0 Å². The molecule has 0 aromatic heterocycles. The number of sulfonamides is 1. The van der Waals surface area contributed by atoms with Gasteiger partial charge in [0.2, 0.25) is 15.9 Å². The molecule has 0 spiro atoms. The Morgan fingerprint density at radius 2 is 1.76 bits per heavy atom. The van der Waals surface area contributed by atoms with Crippen molar-refractivity contribution in [2.75, 3.05) is 21.3 Å². The number of hydrogen-bond acceptors (Lipinski definition) is 6. The minimum Gasteiger partial charge on any atom is -0.493 e. The number of nitrogens with one attached hydrogen (secondary N) is 2. The fourth-order valence-electron chi connectivity index (χ4n) is 4.35. The van der Waals surface area contributed by atoms with E-state index in [-0.39, 0.29) is 35.3 Å². The Hall–Kier alpha value is -2.62. The van der Waals surface area contributed by atoms with Crippen LogP contribution in [0.1, 0.15) is 38.3 Å². The number of fused-ring (bicyclic) bond motifs is 1. The molecule has 8 nitrogen and oxygen atoms in total. The molecule has 0 bridgehead atoms. The molecule has 2 aromatic carbocycles. The summed E-state index contributed by atoms with van der Waals surface area (Å²) in [5.41, 5.74) is 1.16. The highest BCUT2D eigenvalue weighted by Crippen LogP contribution is 2.39. The Balaban J connectivity index is 2.01. The van der Waals surface area contributed by atoms with Crippen LogP contribution in [0, 0.1) is 0 Å². The van der Waals surface area contributed by atoms with Crippen LogP contribution in [0.25, 0.3) is 0 Å². The summed E-state index contributed by atoms with van der Waals surface area (Å²) in [4.78, 5) is 13.6. The highest BCUT2D eigenvalue weighted by molar-refractivity contribution is 7.89. The summed E-state index contributed by atoms with van der Waals surface area (Å²) in [5.74, 6) is 0.436. The number of rotatable bonds is 9. The van der Waals surface area contributed by atoms with Crippen molar-refractivity contribution < 1.29 is 22.7 Å². The van der Waals surface area contributed by atoms with Gasteiger partial charge in [-0.05, 0) is 57.9 Å². The maximum Gasteiger partial charge on any atom is 0.244 e. The van der Waals surface area contributed by atoms with Gasteiger partial charge in [0.05, 0.1) is 19.1 Å². The maximum absolute atomic E-state index is 13.8. The van der Waals surface area contributed by atoms with E-state index in [0.29, 0.717) is 23.5 Å². The van der Waals surface area contributed by atoms with E-state index in [2.05, 4.69) is 24.5 Å². The summed E-state index contributed by atoms with van der Waals surface area (Å²) in [6.45, 7) is 6.12. The predicted molar refractivity (Wildman–Crippen MR) is 132 cm³/mol. The van der Waals surface area contributed by atoms with Crippen molar-refractivity contribution in [3.63, 3.8) is 0 Å². The number of ether oxygens (including phenoxy) is 2. The quantitative estimate of drug-likeness (QED) is 0.562. The molecule has 0 saturated carbocycles. The zero-order chi connectivity index (χ0) is 25.1. The fraction of sp³-hybridized carbons (Fsp3) is 0.480. The third-order valence-corrected chi connectivity index (χ3v) is 8.22. The lowest BCUT2D eigenvalue weighted by Gasteiger charge is -2.36. The number of amides is 1. The van der Waals surface area contributed by atoms with Crippen LogP contribution in [-0.4, -0.2) is 57.5 Å². The van der Waals surface area contributed by atoms with Gasteiger partial charge in [-0.2, -0.15) is 4.31 Å². The molecule has 3 rings (SSSR count). The summed E-state index contributed by atoms with van der Waals surface area (Å²) in [5, 5.41) is 6.27. The number of benzene rings is 2. The zero-order valence-electron chi connectivity index (χ0n) is 20.7. The smallest absolute Gasteiger partial charge is 0.244 e. The second kappa shape index (κ2) is 10.3. The summed E-state index contributed by atoms with van der Waals surface area (Å²) in [6.07, 6.45) is 0.921. The predicted octanol–water partition coefficient (Wildman–Crippen LogP) is 2.71. The molecule has 186 valence electrons. The van der Waals surface area contributed by atoms with Gasteiger partial charge in [0.1, 0.15) is 6.04 Å². The molecule has 1 aliphatic heterocycles. The number of hydrogen-bond donors (Lipinski definition) is 2. The van der Waals surface area contributed by atoms with E-state index in [0.717, 1.165) is 5.56 Å². The monoisotopic (exact) mass is 489 g/mol. The molecule has 2 N–H and O–H groups in total. The van der Waals surface area contributed by atoms with E-state index in [1.54, 1.807) is 6.07 Å². The van der Waals surface area contributed by atoms with Crippen LogP contribution in [-0.2, 0) is 27.8 Å². The number of nitrogens with zero attached hydrogens (tertiary/aromatic N) is 1. The summed E-state index contributed by atoms with van der Waals surface area (Å²) < 4.78 is 39.6. The zero-order valence-corrected chi connectivity index (χ0v) is 21.5. The summed E-state index contributed by atoms with van der Waals surface area (Å²) in [6, 6.07) is 11.4. The second-order valence-electron chi connectivity index (χ2n) is 9.32. The van der Waals surface area contributed by atoms with Gasteiger partial charge in [-0.1, -0.05) is 30.3 Å². The molecule has 0 fully saturated rings. The van der Waals surface area contributed by atoms with Gasteiger partial charge in [-0.25, -0.2) is 8.42 Å². The Morgan fingerprint density at radius 1 is 1.15 bits per heavy atom. The van der Waals surface area contributed by atoms with Gasteiger partial charge >= 0.3 is 0 Å². The highest BCUT2D eigenvalue weighted by atomic mass is 32.2. The van der Waals surface area contributed by atoms with Crippen LogP contribution in [0.2, 0.25) is 0 Å². The van der Waals surface area contributed by atoms with Crippen LogP contribution in [0.4, 0.5) is 0 Å². The molecule has 1 aliphatic rings. The summed E-state index contributed by atoms with van der Waals surface area (Å²) >= 11 is 0. The minimum absolute atomic E-state index is 0.0887. The second-order valence-corrected chi connectivity index (χ2v) is 11.2. The maximum atomic E-state index is 13.8. The first-order valence-electron chi connectivity index (χ1n) is 11.3. The van der Waals surface area contributed by atoms with Crippen molar-refractivity contribution in [1.29, 1.82) is 0 Å². The Labute approximate surface area is 202 Å². The largest absolute Gasteiger partial charge is 0.493 e. The minimum atomic E-state index is -3.98. The SMILES string of the molecule is CNC(C)(C)CC(C)NC(=O)C1Cc2cc(OC)c(OC)cc2S(=O)(=O)N1Cc1ccccc1. The lowest BCUT2D eigenvalue weighted by Crippen LogP contribution is -2.55. The highest BCUT2D eigenvalue weighted by Gasteiger charge is 2.43. The molecular formula is C25H35N3O5S. The van der Waals surface area contributed by atoms with Gasteiger partial charge in [-0.15, -0.1) is 0 Å².